The molecule has 0 saturated carbocycles. The predicted octanol–water partition coefficient (Wildman–Crippen LogP) is 2.23. The van der Waals surface area contributed by atoms with Crippen LogP contribution >= 0.6 is 11.6 Å². The normalized spacial score (nSPS) is 14.6. The number of nitrogens with one attached hydrogen (secondary N) is 1. The number of pyridine rings is 1. The molecule has 1 aromatic carbocycles. The minimum Gasteiger partial charge on any atom is -0.350 e. The first-order valence-corrected chi connectivity index (χ1v) is 7.09. The minimum absolute atomic E-state index is 0.0478. The van der Waals surface area contributed by atoms with E-state index in [0.29, 0.717) is 35.3 Å². The molecule has 1 aliphatic heterocycles. The smallest absolute Gasteiger partial charge is 0.271 e. The molecule has 108 valence electrons. The van der Waals surface area contributed by atoms with Crippen LogP contribution in [0.2, 0.25) is 5.02 Å². The number of aromatic nitrogens is 1. The number of benzene rings is 1. The second-order valence-corrected chi connectivity index (χ2v) is 5.49. The van der Waals surface area contributed by atoms with Gasteiger partial charge in [0.05, 0.1) is 11.1 Å². The Morgan fingerprint density at radius 1 is 1.29 bits per heavy atom. The van der Waals surface area contributed by atoms with Crippen molar-refractivity contribution in [3.8, 4) is 0 Å². The van der Waals surface area contributed by atoms with Gasteiger partial charge in [0.2, 0.25) is 5.43 Å². The van der Waals surface area contributed by atoms with Gasteiger partial charge in [0.15, 0.2) is 6.29 Å². The van der Waals surface area contributed by atoms with Gasteiger partial charge in [-0.25, -0.2) is 0 Å². The van der Waals surface area contributed by atoms with Gasteiger partial charge < -0.3 is 9.88 Å². The van der Waals surface area contributed by atoms with Gasteiger partial charge in [0.1, 0.15) is 5.69 Å². The number of nitrogens with zero attached hydrogens (tertiary/aromatic N) is 1. The van der Waals surface area contributed by atoms with Crippen LogP contribution in [-0.2, 0) is 0 Å². The summed E-state index contributed by atoms with van der Waals surface area (Å²) in [5, 5.41) is 0.802. The quantitative estimate of drug-likeness (QED) is 0.865. The van der Waals surface area contributed by atoms with Gasteiger partial charge in [-0.3, -0.25) is 14.4 Å². The molecule has 0 unspecified atom stereocenters. The average Bonchev–Trinajstić information content (AvgIpc) is 3.00. The van der Waals surface area contributed by atoms with Crippen LogP contribution < -0.4 is 5.43 Å². The molecule has 3 rings (SSSR count). The first-order valence-electron chi connectivity index (χ1n) is 6.72. The molecule has 5 nitrogen and oxygen atoms in total. The molecule has 1 aromatic heterocycles. The van der Waals surface area contributed by atoms with Crippen LogP contribution in [0.15, 0.2) is 23.0 Å². The van der Waals surface area contributed by atoms with Crippen molar-refractivity contribution in [3.05, 3.63) is 44.7 Å². The lowest BCUT2D eigenvalue weighted by atomic mass is 10.1. The van der Waals surface area contributed by atoms with Crippen LogP contribution in [0, 0.1) is 0 Å². The number of aldehydes is 1. The molecule has 0 aliphatic carbocycles. The minimum atomic E-state index is -0.446. The van der Waals surface area contributed by atoms with Crippen molar-refractivity contribution in [1.29, 1.82) is 0 Å². The van der Waals surface area contributed by atoms with Crippen molar-refractivity contribution < 1.29 is 9.59 Å². The lowest BCUT2D eigenvalue weighted by Crippen LogP contribution is -2.31. The van der Waals surface area contributed by atoms with Gasteiger partial charge in [-0.05, 0) is 31.0 Å². The van der Waals surface area contributed by atoms with E-state index in [1.807, 2.05) is 0 Å². The molecule has 2 heterocycles. The molecule has 1 N–H and O–H groups in total. The molecule has 0 spiro atoms. The molecular weight excluding hydrogens is 292 g/mol. The Labute approximate surface area is 125 Å². The third-order valence-electron chi connectivity index (χ3n) is 3.72. The number of amides is 1. The maximum absolute atomic E-state index is 12.5. The summed E-state index contributed by atoms with van der Waals surface area (Å²) in [5.41, 5.74) is -0.0630. The summed E-state index contributed by atoms with van der Waals surface area (Å²) in [6, 6.07) is 4.71. The van der Waals surface area contributed by atoms with Crippen LogP contribution in [0.3, 0.4) is 0 Å². The topological polar surface area (TPSA) is 70.2 Å². The Balaban J connectivity index is 2.23. The van der Waals surface area contributed by atoms with Crippen LogP contribution in [0.1, 0.15) is 33.7 Å². The molecule has 0 atom stereocenters. The summed E-state index contributed by atoms with van der Waals surface area (Å²) < 4.78 is 0. The number of hydrogen-bond donors (Lipinski definition) is 1. The van der Waals surface area contributed by atoms with E-state index in [1.54, 1.807) is 23.1 Å². The van der Waals surface area contributed by atoms with Crippen LogP contribution in [0.5, 0.6) is 0 Å². The number of hydrogen-bond acceptors (Lipinski definition) is 3. The van der Waals surface area contributed by atoms with E-state index < -0.39 is 5.43 Å². The molecule has 2 aromatic rings. The zero-order valence-electron chi connectivity index (χ0n) is 11.2. The van der Waals surface area contributed by atoms with E-state index >= 15 is 0 Å². The fourth-order valence-corrected chi connectivity index (χ4v) is 2.81. The molecule has 0 bridgehead atoms. The lowest BCUT2D eigenvalue weighted by molar-refractivity contribution is 0.0784. The summed E-state index contributed by atoms with van der Waals surface area (Å²) in [4.78, 5) is 40.6. The summed E-state index contributed by atoms with van der Waals surface area (Å²) in [6.45, 7) is 1.29. The largest absolute Gasteiger partial charge is 0.350 e. The van der Waals surface area contributed by atoms with Gasteiger partial charge in [0, 0.05) is 23.5 Å². The zero-order chi connectivity index (χ0) is 15.0. The average molecular weight is 305 g/mol. The Bertz CT molecular complexity index is 791. The monoisotopic (exact) mass is 304 g/mol. The van der Waals surface area contributed by atoms with Crippen molar-refractivity contribution in [1.82, 2.24) is 9.88 Å². The van der Waals surface area contributed by atoms with Gasteiger partial charge in [0.25, 0.3) is 5.91 Å². The van der Waals surface area contributed by atoms with E-state index in [4.69, 9.17) is 11.6 Å². The summed E-state index contributed by atoms with van der Waals surface area (Å²) in [7, 11) is 0. The standard InChI is InChI=1S/C15H13ClN2O3/c16-9-3-4-10-12(7-9)17-13(11(8-19)14(10)20)15(21)18-5-1-2-6-18/h3-4,7-8H,1-2,5-6H2,(H,17,20). The van der Waals surface area contributed by atoms with Gasteiger partial charge in [-0.1, -0.05) is 11.6 Å². The molecule has 1 amide bonds. The lowest BCUT2D eigenvalue weighted by Gasteiger charge is -2.16. The fraction of sp³-hybridized carbons (Fsp3) is 0.267. The highest BCUT2D eigenvalue weighted by atomic mass is 35.5. The molecular formula is C15H13ClN2O3. The molecule has 1 saturated heterocycles. The van der Waals surface area contributed by atoms with Gasteiger partial charge >= 0.3 is 0 Å². The second-order valence-electron chi connectivity index (χ2n) is 5.05. The van der Waals surface area contributed by atoms with Gasteiger partial charge in [-0.2, -0.15) is 0 Å². The van der Waals surface area contributed by atoms with Crippen molar-refractivity contribution >= 4 is 34.7 Å². The summed E-state index contributed by atoms with van der Waals surface area (Å²) in [6.07, 6.45) is 2.31. The van der Waals surface area contributed by atoms with E-state index in [-0.39, 0.29) is 17.2 Å². The van der Waals surface area contributed by atoms with E-state index in [9.17, 15) is 14.4 Å². The molecule has 6 heteroatoms. The first kappa shape index (κ1) is 13.8. The van der Waals surface area contributed by atoms with Crippen LogP contribution in [-0.4, -0.2) is 35.2 Å². The van der Waals surface area contributed by atoms with Crippen molar-refractivity contribution in [2.75, 3.05) is 13.1 Å². The predicted molar refractivity (Wildman–Crippen MR) is 80.1 cm³/mol. The second kappa shape index (κ2) is 5.33. The maximum Gasteiger partial charge on any atom is 0.271 e. The van der Waals surface area contributed by atoms with Crippen molar-refractivity contribution in [2.45, 2.75) is 12.8 Å². The number of carbonyl (C=O) groups excluding carboxylic acids is 2. The van der Waals surface area contributed by atoms with E-state index in [0.717, 1.165) is 12.8 Å². The molecule has 1 aliphatic rings. The highest BCUT2D eigenvalue weighted by Gasteiger charge is 2.24. The Morgan fingerprint density at radius 2 is 2.00 bits per heavy atom. The number of carbonyl (C=O) groups is 2. The Hall–Kier alpha value is -2.14. The number of H-pyrrole nitrogens is 1. The summed E-state index contributed by atoms with van der Waals surface area (Å²) >= 11 is 5.92. The van der Waals surface area contributed by atoms with Crippen molar-refractivity contribution in [2.24, 2.45) is 0 Å². The first-order chi connectivity index (χ1) is 10.1. The molecule has 0 radical (unpaired) electrons. The van der Waals surface area contributed by atoms with Crippen molar-refractivity contribution in [3.63, 3.8) is 0 Å². The van der Waals surface area contributed by atoms with Crippen LogP contribution in [0.4, 0.5) is 0 Å². The Kier molecular flexibility index (Phi) is 3.51. The zero-order valence-corrected chi connectivity index (χ0v) is 11.9. The molecule has 21 heavy (non-hydrogen) atoms. The number of likely N-dealkylation sites (tertiary alicyclic amines) is 1. The summed E-state index contributed by atoms with van der Waals surface area (Å²) in [5.74, 6) is -0.312. The highest BCUT2D eigenvalue weighted by Crippen LogP contribution is 2.19. The number of halogens is 1. The van der Waals surface area contributed by atoms with E-state index in [2.05, 4.69) is 4.98 Å². The number of aromatic amines is 1. The Morgan fingerprint density at radius 3 is 2.67 bits per heavy atom. The van der Waals surface area contributed by atoms with Crippen LogP contribution in [0.25, 0.3) is 10.9 Å². The maximum atomic E-state index is 12.5. The molecule has 1 fully saturated rings. The number of rotatable bonds is 2. The van der Waals surface area contributed by atoms with E-state index in [1.165, 1.54) is 0 Å². The van der Waals surface area contributed by atoms with Gasteiger partial charge in [-0.15, -0.1) is 0 Å². The fourth-order valence-electron chi connectivity index (χ4n) is 2.64. The SMILES string of the molecule is O=Cc1c(C(=O)N2CCCC2)[nH]c2cc(Cl)ccc2c1=O. The third kappa shape index (κ3) is 2.34. The highest BCUT2D eigenvalue weighted by molar-refractivity contribution is 6.31. The third-order valence-corrected chi connectivity index (χ3v) is 3.96. The number of fused-ring (bicyclic) bond motifs is 1.